The molecular formula is C17H23NO. The molecule has 2 nitrogen and oxygen atoms in total. The Balaban J connectivity index is 2.17. The highest BCUT2D eigenvalue weighted by Crippen LogP contribution is 2.23. The van der Waals surface area contributed by atoms with E-state index in [9.17, 15) is 4.79 Å². The second-order valence-electron chi connectivity index (χ2n) is 6.57. The summed E-state index contributed by atoms with van der Waals surface area (Å²) >= 11 is 0. The van der Waals surface area contributed by atoms with Crippen LogP contribution in [0.25, 0.3) is 0 Å². The van der Waals surface area contributed by atoms with E-state index < -0.39 is 0 Å². The second-order valence-corrected chi connectivity index (χ2v) is 6.57. The molecule has 0 N–H and O–H groups in total. The SMILES string of the molecule is Cc1cc(CC(C)(C)C)ccc1C(=O)N1CC=CC1. The summed E-state index contributed by atoms with van der Waals surface area (Å²) in [6.45, 7) is 10.2. The molecule has 19 heavy (non-hydrogen) atoms. The quantitative estimate of drug-likeness (QED) is 0.741. The number of carbonyl (C=O) groups excluding carboxylic acids is 1. The third-order valence-electron chi connectivity index (χ3n) is 3.36. The molecule has 0 bridgehead atoms. The van der Waals surface area contributed by atoms with Gasteiger partial charge in [0.2, 0.25) is 0 Å². The summed E-state index contributed by atoms with van der Waals surface area (Å²) in [7, 11) is 0. The Morgan fingerprint density at radius 2 is 1.84 bits per heavy atom. The van der Waals surface area contributed by atoms with E-state index in [1.54, 1.807) is 0 Å². The minimum Gasteiger partial charge on any atom is -0.331 e. The summed E-state index contributed by atoms with van der Waals surface area (Å²) in [5.74, 6) is 0.143. The monoisotopic (exact) mass is 257 g/mol. The van der Waals surface area contributed by atoms with Gasteiger partial charge in [0, 0.05) is 18.7 Å². The van der Waals surface area contributed by atoms with Crippen molar-refractivity contribution in [1.29, 1.82) is 0 Å². The van der Waals surface area contributed by atoms with E-state index in [1.807, 2.05) is 30.0 Å². The van der Waals surface area contributed by atoms with Gasteiger partial charge in [-0.2, -0.15) is 0 Å². The molecule has 1 aromatic rings. The van der Waals surface area contributed by atoms with Crippen LogP contribution in [0.4, 0.5) is 0 Å². The maximum Gasteiger partial charge on any atom is 0.254 e. The molecule has 2 rings (SSSR count). The molecule has 1 amide bonds. The summed E-state index contributed by atoms with van der Waals surface area (Å²) in [6, 6.07) is 6.23. The number of hydrogen-bond donors (Lipinski definition) is 0. The Bertz CT molecular complexity index is 500. The van der Waals surface area contributed by atoms with Gasteiger partial charge in [0.1, 0.15) is 0 Å². The minimum absolute atomic E-state index is 0.143. The molecule has 0 atom stereocenters. The van der Waals surface area contributed by atoms with Crippen LogP contribution in [0.15, 0.2) is 30.4 Å². The van der Waals surface area contributed by atoms with E-state index in [4.69, 9.17) is 0 Å². The lowest BCUT2D eigenvalue weighted by molar-refractivity contribution is 0.0799. The van der Waals surface area contributed by atoms with Crippen LogP contribution in [0, 0.1) is 12.3 Å². The Morgan fingerprint density at radius 1 is 1.21 bits per heavy atom. The van der Waals surface area contributed by atoms with Gasteiger partial charge in [-0.15, -0.1) is 0 Å². The first-order chi connectivity index (χ1) is 8.87. The number of amides is 1. The normalized spacial score (nSPS) is 15.1. The van der Waals surface area contributed by atoms with Gasteiger partial charge in [0.15, 0.2) is 0 Å². The van der Waals surface area contributed by atoms with Crippen molar-refractivity contribution >= 4 is 5.91 Å². The predicted molar refractivity (Wildman–Crippen MR) is 79.4 cm³/mol. The van der Waals surface area contributed by atoms with Crippen molar-refractivity contribution in [3.63, 3.8) is 0 Å². The van der Waals surface area contributed by atoms with Crippen molar-refractivity contribution in [3.05, 3.63) is 47.0 Å². The van der Waals surface area contributed by atoms with Crippen molar-refractivity contribution in [2.45, 2.75) is 34.1 Å². The number of benzene rings is 1. The number of nitrogens with zero attached hydrogens (tertiary/aromatic N) is 1. The molecule has 1 aliphatic heterocycles. The van der Waals surface area contributed by atoms with E-state index in [0.717, 1.165) is 30.6 Å². The lowest BCUT2D eigenvalue weighted by Gasteiger charge is -2.20. The molecule has 1 aromatic carbocycles. The van der Waals surface area contributed by atoms with Crippen LogP contribution in [0.5, 0.6) is 0 Å². The van der Waals surface area contributed by atoms with Crippen molar-refractivity contribution < 1.29 is 4.79 Å². The summed E-state index contributed by atoms with van der Waals surface area (Å²) < 4.78 is 0. The molecule has 0 unspecified atom stereocenters. The highest BCUT2D eigenvalue weighted by molar-refractivity contribution is 5.96. The average Bonchev–Trinajstić information content (AvgIpc) is 2.79. The van der Waals surface area contributed by atoms with Crippen molar-refractivity contribution in [2.75, 3.05) is 13.1 Å². The fraction of sp³-hybridized carbons (Fsp3) is 0.471. The predicted octanol–water partition coefficient (Wildman–Crippen LogP) is 3.60. The summed E-state index contributed by atoms with van der Waals surface area (Å²) in [6.07, 6.45) is 5.12. The van der Waals surface area contributed by atoms with Gasteiger partial charge in [-0.25, -0.2) is 0 Å². The van der Waals surface area contributed by atoms with Crippen molar-refractivity contribution in [1.82, 2.24) is 4.90 Å². The zero-order valence-electron chi connectivity index (χ0n) is 12.4. The lowest BCUT2D eigenvalue weighted by atomic mass is 9.87. The Hall–Kier alpha value is -1.57. The molecule has 0 fully saturated rings. The highest BCUT2D eigenvalue weighted by Gasteiger charge is 2.19. The van der Waals surface area contributed by atoms with Gasteiger partial charge in [-0.3, -0.25) is 4.79 Å². The molecule has 102 valence electrons. The van der Waals surface area contributed by atoms with E-state index in [2.05, 4.69) is 32.9 Å². The molecule has 1 heterocycles. The topological polar surface area (TPSA) is 20.3 Å². The average molecular weight is 257 g/mol. The van der Waals surface area contributed by atoms with Crippen molar-refractivity contribution in [2.24, 2.45) is 5.41 Å². The van der Waals surface area contributed by atoms with Crippen molar-refractivity contribution in [3.8, 4) is 0 Å². The fourth-order valence-corrected chi connectivity index (χ4v) is 2.50. The van der Waals surface area contributed by atoms with Gasteiger partial charge in [0.05, 0.1) is 0 Å². The van der Waals surface area contributed by atoms with E-state index >= 15 is 0 Å². The number of aryl methyl sites for hydroxylation is 1. The summed E-state index contributed by atoms with van der Waals surface area (Å²) in [4.78, 5) is 14.2. The molecule has 0 aliphatic carbocycles. The number of rotatable bonds is 2. The number of hydrogen-bond acceptors (Lipinski definition) is 1. The summed E-state index contributed by atoms with van der Waals surface area (Å²) in [5.41, 5.74) is 3.50. The molecule has 0 radical (unpaired) electrons. The zero-order valence-corrected chi connectivity index (χ0v) is 12.4. The van der Waals surface area contributed by atoms with E-state index in [1.165, 1.54) is 5.56 Å². The summed E-state index contributed by atoms with van der Waals surface area (Å²) in [5, 5.41) is 0. The van der Waals surface area contributed by atoms with Crippen LogP contribution in [-0.2, 0) is 6.42 Å². The van der Waals surface area contributed by atoms with Gasteiger partial charge in [-0.05, 0) is 36.0 Å². The maximum absolute atomic E-state index is 12.4. The Labute approximate surface area is 116 Å². The molecule has 0 spiro atoms. The first-order valence-electron chi connectivity index (χ1n) is 6.91. The molecule has 0 saturated heterocycles. The first kappa shape index (κ1) is 13.9. The van der Waals surface area contributed by atoms with Gasteiger partial charge in [-0.1, -0.05) is 45.1 Å². The Kier molecular flexibility index (Phi) is 3.79. The smallest absolute Gasteiger partial charge is 0.254 e. The molecular weight excluding hydrogens is 234 g/mol. The number of carbonyl (C=O) groups is 1. The minimum atomic E-state index is 0.143. The zero-order chi connectivity index (χ0) is 14.0. The first-order valence-corrected chi connectivity index (χ1v) is 6.91. The third-order valence-corrected chi connectivity index (χ3v) is 3.36. The highest BCUT2D eigenvalue weighted by atomic mass is 16.2. The van der Waals surface area contributed by atoms with Crippen LogP contribution < -0.4 is 0 Å². The van der Waals surface area contributed by atoms with Crippen LogP contribution >= 0.6 is 0 Å². The van der Waals surface area contributed by atoms with Gasteiger partial charge >= 0.3 is 0 Å². The van der Waals surface area contributed by atoms with Crippen LogP contribution in [-0.4, -0.2) is 23.9 Å². The van der Waals surface area contributed by atoms with E-state index in [0.29, 0.717) is 0 Å². The van der Waals surface area contributed by atoms with Gasteiger partial charge in [0.25, 0.3) is 5.91 Å². The van der Waals surface area contributed by atoms with E-state index in [-0.39, 0.29) is 11.3 Å². The molecule has 2 heteroatoms. The van der Waals surface area contributed by atoms with Crippen LogP contribution in [0.2, 0.25) is 0 Å². The maximum atomic E-state index is 12.4. The molecule has 0 saturated carbocycles. The fourth-order valence-electron chi connectivity index (χ4n) is 2.50. The lowest BCUT2D eigenvalue weighted by Crippen LogP contribution is -2.28. The Morgan fingerprint density at radius 3 is 2.37 bits per heavy atom. The van der Waals surface area contributed by atoms with Gasteiger partial charge < -0.3 is 4.90 Å². The largest absolute Gasteiger partial charge is 0.331 e. The standard InChI is InChI=1S/C17H23NO/c1-13-11-14(12-17(2,3)4)7-8-15(13)16(19)18-9-5-6-10-18/h5-8,11H,9-10,12H2,1-4H3. The molecule has 0 aromatic heterocycles. The third kappa shape index (κ3) is 3.46. The van der Waals surface area contributed by atoms with Crippen LogP contribution in [0.3, 0.4) is 0 Å². The molecule has 1 aliphatic rings. The second kappa shape index (κ2) is 5.20. The van der Waals surface area contributed by atoms with Crippen LogP contribution in [0.1, 0.15) is 42.3 Å².